The van der Waals surface area contributed by atoms with Crippen molar-refractivity contribution in [2.45, 2.75) is 32.0 Å². The van der Waals surface area contributed by atoms with Gasteiger partial charge >= 0.3 is 0 Å². The lowest BCUT2D eigenvalue weighted by atomic mass is 10.1. The number of amides is 2. The van der Waals surface area contributed by atoms with E-state index in [0.29, 0.717) is 19.7 Å². The van der Waals surface area contributed by atoms with Gasteiger partial charge in [-0.3, -0.25) is 9.59 Å². The minimum absolute atomic E-state index is 0.0276. The Morgan fingerprint density at radius 2 is 1.93 bits per heavy atom. The van der Waals surface area contributed by atoms with E-state index < -0.39 is 0 Å². The van der Waals surface area contributed by atoms with E-state index in [9.17, 15) is 9.59 Å². The highest BCUT2D eigenvalue weighted by atomic mass is 16.5. The van der Waals surface area contributed by atoms with Crippen LogP contribution in [0.2, 0.25) is 0 Å². The first-order chi connectivity index (χ1) is 14.2. The third-order valence-electron chi connectivity index (χ3n) is 5.42. The molecule has 0 spiro atoms. The fourth-order valence-electron chi connectivity index (χ4n) is 3.76. The fraction of sp³-hybridized carbons (Fsp3) is 0.391. The molecular formula is C23H26N2O4. The van der Waals surface area contributed by atoms with E-state index in [-0.39, 0.29) is 30.3 Å². The minimum atomic E-state index is -0.321. The summed E-state index contributed by atoms with van der Waals surface area (Å²) in [4.78, 5) is 26.5. The average molecular weight is 394 g/mol. The molecule has 2 fully saturated rings. The third-order valence-corrected chi connectivity index (χ3v) is 5.42. The zero-order valence-corrected chi connectivity index (χ0v) is 16.4. The quantitative estimate of drug-likeness (QED) is 0.784. The predicted octanol–water partition coefficient (Wildman–Crippen LogP) is 2.91. The van der Waals surface area contributed by atoms with Gasteiger partial charge in [-0.1, -0.05) is 30.3 Å². The highest BCUT2D eigenvalue weighted by molar-refractivity contribution is 6.00. The Labute approximate surface area is 170 Å². The minimum Gasteiger partial charge on any atom is -0.489 e. The average Bonchev–Trinajstić information content (AvgIpc) is 3.41. The monoisotopic (exact) mass is 394 g/mol. The van der Waals surface area contributed by atoms with Crippen molar-refractivity contribution >= 4 is 17.5 Å². The Morgan fingerprint density at radius 3 is 2.66 bits per heavy atom. The van der Waals surface area contributed by atoms with Gasteiger partial charge in [-0.15, -0.1) is 0 Å². The van der Waals surface area contributed by atoms with Crippen molar-refractivity contribution < 1.29 is 19.1 Å². The second-order valence-electron chi connectivity index (χ2n) is 7.55. The summed E-state index contributed by atoms with van der Waals surface area (Å²) in [5.41, 5.74) is 1.89. The number of carbonyl (C=O) groups is 2. The molecule has 4 rings (SSSR count). The van der Waals surface area contributed by atoms with Crippen LogP contribution >= 0.6 is 0 Å². The van der Waals surface area contributed by atoms with Gasteiger partial charge in [0.05, 0.1) is 12.0 Å². The summed E-state index contributed by atoms with van der Waals surface area (Å²) in [6.07, 6.45) is 2.37. The molecule has 0 bridgehead atoms. The number of benzene rings is 2. The van der Waals surface area contributed by atoms with E-state index in [0.717, 1.165) is 36.4 Å². The number of nitrogens with zero attached hydrogens (tertiary/aromatic N) is 1. The van der Waals surface area contributed by atoms with Gasteiger partial charge in [0.1, 0.15) is 12.4 Å². The highest BCUT2D eigenvalue weighted by Crippen LogP contribution is 2.27. The zero-order valence-electron chi connectivity index (χ0n) is 16.4. The normalized spacial score (nSPS) is 21.4. The summed E-state index contributed by atoms with van der Waals surface area (Å²) in [6.45, 7) is 2.19. The zero-order chi connectivity index (χ0) is 20.1. The molecule has 2 saturated heterocycles. The van der Waals surface area contributed by atoms with E-state index in [1.54, 1.807) is 4.90 Å². The molecule has 0 aromatic heterocycles. The molecule has 2 aliphatic rings. The Bertz CT molecular complexity index is 832. The fourth-order valence-corrected chi connectivity index (χ4v) is 3.76. The summed E-state index contributed by atoms with van der Waals surface area (Å²) >= 11 is 0. The Hall–Kier alpha value is -2.86. The van der Waals surface area contributed by atoms with Gasteiger partial charge in [-0.25, -0.2) is 0 Å². The van der Waals surface area contributed by atoms with Crippen LogP contribution in [0.4, 0.5) is 5.69 Å². The van der Waals surface area contributed by atoms with Gasteiger partial charge in [0.15, 0.2) is 0 Å². The first kappa shape index (κ1) is 19.5. The summed E-state index contributed by atoms with van der Waals surface area (Å²) in [6, 6.07) is 17.4. The van der Waals surface area contributed by atoms with Gasteiger partial charge in [0.2, 0.25) is 11.8 Å². The van der Waals surface area contributed by atoms with Crippen LogP contribution in [-0.4, -0.2) is 37.6 Å². The molecule has 2 aromatic carbocycles. The maximum Gasteiger partial charge on any atom is 0.227 e. The molecule has 29 heavy (non-hydrogen) atoms. The van der Waals surface area contributed by atoms with Crippen LogP contribution in [0.3, 0.4) is 0 Å². The second kappa shape index (κ2) is 9.09. The third kappa shape index (κ3) is 4.95. The molecule has 2 atom stereocenters. The van der Waals surface area contributed by atoms with Crippen LogP contribution in [0.25, 0.3) is 0 Å². The molecule has 152 valence electrons. The summed E-state index contributed by atoms with van der Waals surface area (Å²) in [7, 11) is 0. The van der Waals surface area contributed by atoms with Crippen LogP contribution in [0.1, 0.15) is 24.8 Å². The van der Waals surface area contributed by atoms with E-state index in [1.165, 1.54) is 0 Å². The maximum absolute atomic E-state index is 12.4. The van der Waals surface area contributed by atoms with Crippen molar-refractivity contribution in [2.24, 2.45) is 5.92 Å². The van der Waals surface area contributed by atoms with Gasteiger partial charge < -0.3 is 19.7 Å². The molecule has 2 aromatic rings. The molecule has 6 nitrogen and oxygen atoms in total. The summed E-state index contributed by atoms with van der Waals surface area (Å²) in [5.74, 6) is 0.326. The van der Waals surface area contributed by atoms with Crippen molar-refractivity contribution in [3.63, 3.8) is 0 Å². The summed E-state index contributed by atoms with van der Waals surface area (Å²) < 4.78 is 11.3. The predicted molar refractivity (Wildman–Crippen MR) is 110 cm³/mol. The molecule has 0 aliphatic carbocycles. The Kier molecular flexibility index (Phi) is 6.10. The lowest BCUT2D eigenvalue weighted by Crippen LogP contribution is -2.37. The van der Waals surface area contributed by atoms with Crippen molar-refractivity contribution in [3.05, 3.63) is 60.2 Å². The molecule has 2 unspecified atom stereocenters. The molecule has 2 amide bonds. The maximum atomic E-state index is 12.4. The molecule has 0 saturated carbocycles. The number of hydrogen-bond acceptors (Lipinski definition) is 4. The standard InChI is InChI=1S/C23H26N2O4/c26-22-13-18(23(27)24-14-21-7-4-12-28-21)15-25(22)19-8-10-20(11-9-19)29-16-17-5-2-1-3-6-17/h1-3,5-6,8-11,18,21H,4,7,12-16H2,(H,24,27). The van der Waals surface area contributed by atoms with Crippen LogP contribution in [0, 0.1) is 5.92 Å². The molecule has 0 radical (unpaired) electrons. The Balaban J connectivity index is 1.29. The van der Waals surface area contributed by atoms with Gasteiger partial charge in [-0.05, 0) is 42.7 Å². The van der Waals surface area contributed by atoms with E-state index in [2.05, 4.69) is 5.32 Å². The topological polar surface area (TPSA) is 67.9 Å². The largest absolute Gasteiger partial charge is 0.489 e. The number of rotatable bonds is 7. The molecular weight excluding hydrogens is 368 g/mol. The van der Waals surface area contributed by atoms with E-state index in [1.807, 2.05) is 54.6 Å². The van der Waals surface area contributed by atoms with Crippen LogP contribution in [-0.2, 0) is 20.9 Å². The molecule has 2 heterocycles. The SMILES string of the molecule is O=C(NCC1CCCO1)C1CC(=O)N(c2ccc(OCc3ccccc3)cc2)C1. The number of nitrogens with one attached hydrogen (secondary N) is 1. The molecule has 2 aliphatic heterocycles. The molecule has 6 heteroatoms. The van der Waals surface area contributed by atoms with Crippen molar-refractivity contribution in [2.75, 3.05) is 24.6 Å². The first-order valence-electron chi connectivity index (χ1n) is 10.2. The summed E-state index contributed by atoms with van der Waals surface area (Å²) in [5, 5.41) is 2.94. The van der Waals surface area contributed by atoms with E-state index >= 15 is 0 Å². The van der Waals surface area contributed by atoms with Crippen LogP contribution in [0.5, 0.6) is 5.75 Å². The van der Waals surface area contributed by atoms with E-state index in [4.69, 9.17) is 9.47 Å². The van der Waals surface area contributed by atoms with Gasteiger partial charge in [-0.2, -0.15) is 0 Å². The van der Waals surface area contributed by atoms with Crippen LogP contribution < -0.4 is 15.0 Å². The number of ether oxygens (including phenoxy) is 2. The van der Waals surface area contributed by atoms with Gasteiger partial charge in [0.25, 0.3) is 0 Å². The van der Waals surface area contributed by atoms with Crippen molar-refractivity contribution in [1.29, 1.82) is 0 Å². The lowest BCUT2D eigenvalue weighted by molar-refractivity contribution is -0.126. The van der Waals surface area contributed by atoms with Crippen molar-refractivity contribution in [3.8, 4) is 5.75 Å². The Morgan fingerprint density at radius 1 is 1.14 bits per heavy atom. The molecule has 1 N–H and O–H groups in total. The van der Waals surface area contributed by atoms with Gasteiger partial charge in [0, 0.05) is 31.8 Å². The van der Waals surface area contributed by atoms with Crippen LogP contribution in [0.15, 0.2) is 54.6 Å². The first-order valence-corrected chi connectivity index (χ1v) is 10.2. The lowest BCUT2D eigenvalue weighted by Gasteiger charge is -2.18. The second-order valence-corrected chi connectivity index (χ2v) is 7.55. The van der Waals surface area contributed by atoms with Crippen molar-refractivity contribution in [1.82, 2.24) is 5.32 Å². The number of anilines is 1. The smallest absolute Gasteiger partial charge is 0.227 e. The number of hydrogen-bond donors (Lipinski definition) is 1. The number of carbonyl (C=O) groups excluding carboxylic acids is 2. The highest BCUT2D eigenvalue weighted by Gasteiger charge is 2.35.